The lowest BCUT2D eigenvalue weighted by Crippen LogP contribution is -2.62. The summed E-state index contributed by atoms with van der Waals surface area (Å²) in [6.45, 7) is 2.08. The van der Waals surface area contributed by atoms with Crippen molar-refractivity contribution >= 4 is 46.3 Å². The van der Waals surface area contributed by atoms with Crippen LogP contribution in [-0.2, 0) is 36.8 Å². The van der Waals surface area contributed by atoms with E-state index in [0.29, 0.717) is 48.3 Å². The molecule has 13 heteroatoms. The predicted octanol–water partition coefficient (Wildman–Crippen LogP) is 4.38. The van der Waals surface area contributed by atoms with Crippen LogP contribution in [0.25, 0.3) is 33.4 Å². The Morgan fingerprint density at radius 1 is 0.862 bits per heavy atom. The number of carboxylic acid groups (broad SMARTS) is 1. The number of carbonyl (C=O) groups excluding carboxylic acids is 4. The van der Waals surface area contributed by atoms with E-state index in [1.165, 1.54) is 0 Å². The number of carbonyl (C=O) groups is 5. The molecule has 0 bridgehead atoms. The van der Waals surface area contributed by atoms with Gasteiger partial charge in [-0.05, 0) is 60.7 Å². The zero-order chi connectivity index (χ0) is 41.5. The molecule has 0 radical (unpaired) electrons. The van der Waals surface area contributed by atoms with Gasteiger partial charge in [-0.3, -0.25) is 14.4 Å². The summed E-state index contributed by atoms with van der Waals surface area (Å²) in [6.07, 6.45) is 1.84. The number of anilines is 1. The summed E-state index contributed by atoms with van der Waals surface area (Å²) in [5.41, 5.74) is 5.09. The molecule has 6 rings (SSSR count). The molecule has 302 valence electrons. The fourth-order valence-corrected chi connectivity index (χ4v) is 7.07. The average molecular weight is 789 g/mol. The molecule has 58 heavy (non-hydrogen) atoms. The van der Waals surface area contributed by atoms with E-state index in [1.807, 2.05) is 104 Å². The number of benzene rings is 4. The maximum absolute atomic E-state index is 13.1. The molecule has 3 aromatic rings. The second kappa shape index (κ2) is 18.2. The van der Waals surface area contributed by atoms with Crippen LogP contribution in [0.3, 0.4) is 0 Å². The number of hydrogen-bond acceptors (Lipinski definition) is 8. The summed E-state index contributed by atoms with van der Waals surface area (Å²) >= 11 is 0. The maximum atomic E-state index is 13.1. The van der Waals surface area contributed by atoms with E-state index in [9.17, 15) is 29.1 Å². The number of unbranched alkanes of at least 4 members (excludes halogenated alkanes) is 2. The van der Waals surface area contributed by atoms with Gasteiger partial charge in [0.25, 0.3) is 0 Å². The van der Waals surface area contributed by atoms with Gasteiger partial charge in [0, 0.05) is 67.8 Å². The van der Waals surface area contributed by atoms with Gasteiger partial charge in [-0.25, -0.2) is 14.2 Å². The molecule has 2 heterocycles. The summed E-state index contributed by atoms with van der Waals surface area (Å²) in [5.74, 6) is -1.97. The predicted molar refractivity (Wildman–Crippen MR) is 221 cm³/mol. The minimum Gasteiger partial charge on any atom is -0.478 e. The minimum atomic E-state index is -1.11. The molecule has 0 unspecified atom stereocenters. The summed E-state index contributed by atoms with van der Waals surface area (Å²) < 4.78 is 13.3. The lowest BCUT2D eigenvalue weighted by Gasteiger charge is -2.33. The first kappa shape index (κ1) is 41.1. The van der Waals surface area contributed by atoms with E-state index in [1.54, 1.807) is 25.1 Å². The average Bonchev–Trinajstić information content (AvgIpc) is 3.20. The quantitative estimate of drug-likeness (QED) is 0.0491. The number of cyclic esters (lactones) is 1. The second-order valence-electron chi connectivity index (χ2n) is 15.1. The topological polar surface area (TPSA) is 170 Å². The molecular weight excluding hydrogens is 739 g/mol. The second-order valence-corrected chi connectivity index (χ2v) is 15.1. The largest absolute Gasteiger partial charge is 0.478 e. The van der Waals surface area contributed by atoms with Crippen molar-refractivity contribution in [3.05, 3.63) is 107 Å². The van der Waals surface area contributed by atoms with Gasteiger partial charge in [0.15, 0.2) is 6.04 Å². The molecule has 3 amide bonds. The SMILES string of the molecule is C[C@H]1OC(=O)[C@H]1NC(=O)[C@H](Cc1ccccc1)NC(=O)CCCCCNC(=O)Cc1ccc(-c2c3ccc(=[N+](C)C)cc-3oc3cc(N(C)C)ccc23)c(C(=O)O)c1. The normalized spacial score (nSPS) is 15.2. The van der Waals surface area contributed by atoms with Crippen molar-refractivity contribution in [2.24, 2.45) is 0 Å². The van der Waals surface area contributed by atoms with Crippen LogP contribution in [0, 0.1) is 0 Å². The van der Waals surface area contributed by atoms with Gasteiger partial charge >= 0.3 is 11.9 Å². The first-order valence-electron chi connectivity index (χ1n) is 19.4. The van der Waals surface area contributed by atoms with Crippen LogP contribution in [0.5, 0.6) is 0 Å². The number of rotatable bonds is 16. The van der Waals surface area contributed by atoms with Crippen LogP contribution in [-0.4, -0.2) is 87.7 Å². The molecule has 1 aliphatic carbocycles. The number of fused-ring (bicyclic) bond motifs is 2. The zero-order valence-electron chi connectivity index (χ0n) is 33.5. The Hall–Kier alpha value is -6.50. The third-order valence-corrected chi connectivity index (χ3v) is 10.3. The minimum absolute atomic E-state index is 0.00476. The lowest BCUT2D eigenvalue weighted by molar-refractivity contribution is -0.176. The third kappa shape index (κ3) is 9.71. The molecular formula is C45H50N5O8+. The fraction of sp³-hybridized carbons (Fsp3) is 0.333. The number of esters is 1. The van der Waals surface area contributed by atoms with E-state index in [0.717, 1.165) is 33.1 Å². The van der Waals surface area contributed by atoms with E-state index in [4.69, 9.17) is 9.15 Å². The highest BCUT2D eigenvalue weighted by Gasteiger charge is 2.41. The summed E-state index contributed by atoms with van der Waals surface area (Å²) in [6, 6.07) is 24.5. The number of hydrogen-bond donors (Lipinski definition) is 4. The van der Waals surface area contributed by atoms with E-state index >= 15 is 0 Å². The van der Waals surface area contributed by atoms with Crippen molar-refractivity contribution in [1.82, 2.24) is 20.5 Å². The Morgan fingerprint density at radius 2 is 1.62 bits per heavy atom. The highest BCUT2D eigenvalue weighted by atomic mass is 16.6. The van der Waals surface area contributed by atoms with Crippen LogP contribution >= 0.6 is 0 Å². The van der Waals surface area contributed by atoms with Crippen molar-refractivity contribution in [1.29, 1.82) is 0 Å². The summed E-state index contributed by atoms with van der Waals surface area (Å²) in [7, 11) is 7.78. The Kier molecular flexibility index (Phi) is 12.9. The Bertz CT molecular complexity index is 2380. The van der Waals surface area contributed by atoms with Gasteiger partial charge in [0.1, 0.15) is 37.6 Å². The van der Waals surface area contributed by atoms with E-state index in [-0.39, 0.29) is 36.6 Å². The smallest absolute Gasteiger partial charge is 0.336 e. The monoisotopic (exact) mass is 788 g/mol. The molecule has 0 spiro atoms. The third-order valence-electron chi connectivity index (χ3n) is 10.3. The molecule has 2 aliphatic heterocycles. The number of amides is 3. The van der Waals surface area contributed by atoms with E-state index in [2.05, 4.69) is 16.0 Å². The maximum Gasteiger partial charge on any atom is 0.336 e. The lowest BCUT2D eigenvalue weighted by atomic mass is 9.89. The standard InChI is InChI=1S/C45H49N5O8/c1-27-42(45(56)57-27)48-43(53)36(23-28-12-8-6-9-13-28)47-39(51)14-10-7-11-21-46-40(52)24-29-15-18-32(35(22-29)44(54)55)41-33-19-16-30(49(2)3)25-37(33)58-38-26-31(50(4)5)17-20-34(38)41/h6,8-9,12-13,15-20,22,25-27,36,42H,7,10-11,14,21,23-24H2,1-5H3,(H3-,46,47,48,51,52,53,54,55)/p+1/t27-,36+,42+/m1/s1. The Balaban J connectivity index is 1.06. The summed E-state index contributed by atoms with van der Waals surface area (Å²) in [5, 5.41) is 20.6. The van der Waals surface area contributed by atoms with E-state index < -0.39 is 36.0 Å². The van der Waals surface area contributed by atoms with Crippen LogP contribution < -0.4 is 30.8 Å². The molecule has 3 aliphatic rings. The molecule has 0 aromatic heterocycles. The van der Waals surface area contributed by atoms with Crippen LogP contribution in [0.4, 0.5) is 5.69 Å². The highest BCUT2D eigenvalue weighted by molar-refractivity contribution is 6.08. The van der Waals surface area contributed by atoms with Crippen LogP contribution in [0.1, 0.15) is 54.1 Å². The van der Waals surface area contributed by atoms with Crippen molar-refractivity contribution in [2.75, 3.05) is 39.6 Å². The first-order valence-corrected chi connectivity index (χ1v) is 19.4. The molecule has 3 aromatic carbocycles. The van der Waals surface area contributed by atoms with Gasteiger partial charge in [0.05, 0.1) is 18.1 Å². The van der Waals surface area contributed by atoms with Gasteiger partial charge in [-0.15, -0.1) is 0 Å². The molecule has 4 N–H and O–H groups in total. The molecule has 1 saturated heterocycles. The number of carboxylic acids is 1. The molecule has 0 saturated carbocycles. The van der Waals surface area contributed by atoms with Gasteiger partial charge < -0.3 is 35.1 Å². The van der Waals surface area contributed by atoms with Gasteiger partial charge in [-0.2, -0.15) is 0 Å². The van der Waals surface area contributed by atoms with Crippen LogP contribution in [0.2, 0.25) is 0 Å². The van der Waals surface area contributed by atoms with Crippen molar-refractivity contribution in [3.8, 4) is 22.5 Å². The fourth-order valence-electron chi connectivity index (χ4n) is 7.07. The highest BCUT2D eigenvalue weighted by Crippen LogP contribution is 2.42. The van der Waals surface area contributed by atoms with Crippen molar-refractivity contribution in [2.45, 2.75) is 63.6 Å². The molecule has 1 fully saturated rings. The first-order chi connectivity index (χ1) is 27.8. The number of aromatic carboxylic acids is 1. The van der Waals surface area contributed by atoms with Gasteiger partial charge in [0.2, 0.25) is 23.1 Å². The summed E-state index contributed by atoms with van der Waals surface area (Å²) in [4.78, 5) is 65.4. The number of nitrogens with zero attached hydrogens (tertiary/aromatic N) is 2. The Morgan fingerprint density at radius 3 is 2.31 bits per heavy atom. The van der Waals surface area contributed by atoms with Crippen molar-refractivity contribution in [3.63, 3.8) is 0 Å². The molecule has 13 nitrogen and oxygen atoms in total. The zero-order valence-corrected chi connectivity index (χ0v) is 33.5. The van der Waals surface area contributed by atoms with Gasteiger partial charge in [-0.1, -0.05) is 48.9 Å². The Labute approximate surface area is 337 Å². The molecule has 3 atom stereocenters. The van der Waals surface area contributed by atoms with Crippen LogP contribution in [0.15, 0.2) is 89.3 Å². The number of nitrogens with one attached hydrogen (secondary N) is 3. The van der Waals surface area contributed by atoms with Crippen molar-refractivity contribution < 1.29 is 38.2 Å². The number of ether oxygens (including phenoxy) is 1.